The first-order chi connectivity index (χ1) is 14.5. The first-order valence-corrected chi connectivity index (χ1v) is 11.0. The van der Waals surface area contributed by atoms with Crippen LogP contribution in [0.1, 0.15) is 49.3 Å². The van der Waals surface area contributed by atoms with E-state index in [1.54, 1.807) is 0 Å². The van der Waals surface area contributed by atoms with E-state index in [1.807, 2.05) is 49.4 Å². The zero-order valence-corrected chi connectivity index (χ0v) is 18.6. The number of carbonyl (C=O) groups excluding carboxylic acids is 1. The number of hydrogen-bond acceptors (Lipinski definition) is 6. The Bertz CT molecular complexity index is 984. The molecule has 0 aliphatic rings. The predicted molar refractivity (Wildman–Crippen MR) is 119 cm³/mol. The Morgan fingerprint density at radius 2 is 1.93 bits per heavy atom. The van der Waals surface area contributed by atoms with Crippen LogP contribution in [0.25, 0.3) is 0 Å². The van der Waals surface area contributed by atoms with Crippen LogP contribution in [0, 0.1) is 6.92 Å². The molecule has 0 aliphatic heterocycles. The number of amides is 1. The SMILES string of the molecule is CCc1cccc(C)c1NC(=O)CSc1nnc(COc2ccc(C(C)C)cc2)o1. The van der Waals surface area contributed by atoms with Gasteiger partial charge in [0, 0.05) is 5.69 Å². The van der Waals surface area contributed by atoms with Crippen molar-refractivity contribution in [2.45, 2.75) is 51.9 Å². The van der Waals surface area contributed by atoms with E-state index in [0.29, 0.717) is 17.0 Å². The van der Waals surface area contributed by atoms with Crippen molar-refractivity contribution < 1.29 is 13.9 Å². The molecule has 6 nitrogen and oxygen atoms in total. The molecule has 0 atom stereocenters. The smallest absolute Gasteiger partial charge is 0.277 e. The molecule has 30 heavy (non-hydrogen) atoms. The van der Waals surface area contributed by atoms with Crippen molar-refractivity contribution in [3.05, 3.63) is 65.0 Å². The number of rotatable bonds is 9. The molecular weight excluding hydrogens is 398 g/mol. The summed E-state index contributed by atoms with van der Waals surface area (Å²) in [6.45, 7) is 8.54. The number of nitrogens with one attached hydrogen (secondary N) is 1. The van der Waals surface area contributed by atoms with Gasteiger partial charge in [0.2, 0.25) is 5.91 Å². The highest BCUT2D eigenvalue weighted by atomic mass is 32.2. The first-order valence-electron chi connectivity index (χ1n) is 10.0. The number of benzene rings is 2. The van der Waals surface area contributed by atoms with Crippen molar-refractivity contribution in [1.29, 1.82) is 0 Å². The van der Waals surface area contributed by atoms with Crippen molar-refractivity contribution in [1.82, 2.24) is 10.2 Å². The zero-order chi connectivity index (χ0) is 21.5. The number of nitrogens with zero attached hydrogens (tertiary/aromatic N) is 2. The van der Waals surface area contributed by atoms with Crippen molar-refractivity contribution in [2.24, 2.45) is 0 Å². The fourth-order valence-electron chi connectivity index (χ4n) is 2.95. The van der Waals surface area contributed by atoms with Gasteiger partial charge in [-0.25, -0.2) is 0 Å². The number of ether oxygens (including phenoxy) is 1. The Labute approximate surface area is 181 Å². The summed E-state index contributed by atoms with van der Waals surface area (Å²) in [5.74, 6) is 1.68. The molecule has 7 heteroatoms. The highest BCUT2D eigenvalue weighted by Crippen LogP contribution is 2.23. The largest absolute Gasteiger partial charge is 0.484 e. The monoisotopic (exact) mass is 425 g/mol. The summed E-state index contributed by atoms with van der Waals surface area (Å²) >= 11 is 1.21. The lowest BCUT2D eigenvalue weighted by Gasteiger charge is -2.12. The maximum atomic E-state index is 12.4. The molecule has 1 aromatic heterocycles. The Morgan fingerprint density at radius 1 is 1.17 bits per heavy atom. The number of carbonyl (C=O) groups is 1. The fourth-order valence-corrected chi connectivity index (χ4v) is 3.53. The lowest BCUT2D eigenvalue weighted by molar-refractivity contribution is -0.113. The number of aromatic nitrogens is 2. The summed E-state index contributed by atoms with van der Waals surface area (Å²) < 4.78 is 11.3. The quantitative estimate of drug-likeness (QED) is 0.464. The molecule has 0 fully saturated rings. The predicted octanol–water partition coefficient (Wildman–Crippen LogP) is 5.37. The summed E-state index contributed by atoms with van der Waals surface area (Å²) in [4.78, 5) is 12.4. The van der Waals surface area contributed by atoms with Crippen LogP contribution in [-0.2, 0) is 17.8 Å². The Kier molecular flexibility index (Phi) is 7.52. The van der Waals surface area contributed by atoms with Gasteiger partial charge >= 0.3 is 0 Å². The molecule has 0 saturated heterocycles. The van der Waals surface area contributed by atoms with Crippen LogP contribution in [0.3, 0.4) is 0 Å². The van der Waals surface area contributed by atoms with Gasteiger partial charge in [-0.2, -0.15) is 0 Å². The number of thioether (sulfide) groups is 1. The van der Waals surface area contributed by atoms with Gasteiger partial charge < -0.3 is 14.5 Å². The molecule has 1 amide bonds. The minimum Gasteiger partial charge on any atom is -0.484 e. The number of para-hydroxylation sites is 1. The van der Waals surface area contributed by atoms with E-state index >= 15 is 0 Å². The minimum absolute atomic E-state index is 0.106. The second-order valence-corrected chi connectivity index (χ2v) is 8.20. The number of aryl methyl sites for hydroxylation is 2. The first kappa shape index (κ1) is 21.9. The molecular formula is C23H27N3O3S. The lowest BCUT2D eigenvalue weighted by atomic mass is 10.0. The molecule has 2 aromatic carbocycles. The van der Waals surface area contributed by atoms with Gasteiger partial charge in [0.15, 0.2) is 6.61 Å². The Balaban J connectivity index is 1.49. The van der Waals surface area contributed by atoms with E-state index in [-0.39, 0.29) is 18.3 Å². The molecule has 0 radical (unpaired) electrons. The van der Waals surface area contributed by atoms with Gasteiger partial charge in [0.25, 0.3) is 11.1 Å². The third-order valence-electron chi connectivity index (χ3n) is 4.69. The number of hydrogen-bond donors (Lipinski definition) is 1. The summed E-state index contributed by atoms with van der Waals surface area (Å²) in [6.07, 6.45) is 0.859. The summed E-state index contributed by atoms with van der Waals surface area (Å²) in [5, 5.41) is 11.3. The topological polar surface area (TPSA) is 77.2 Å². The van der Waals surface area contributed by atoms with Gasteiger partial charge in [-0.1, -0.05) is 62.9 Å². The summed E-state index contributed by atoms with van der Waals surface area (Å²) in [5.41, 5.74) is 4.31. The standard InChI is InChI=1S/C23H27N3O3S/c1-5-17-8-6-7-16(4)22(17)24-20(27)14-30-23-26-25-21(29-23)13-28-19-11-9-18(10-12-19)15(2)3/h6-12,15H,5,13-14H2,1-4H3,(H,24,27). The van der Waals surface area contributed by atoms with Gasteiger partial charge in [-0.3, -0.25) is 4.79 Å². The highest BCUT2D eigenvalue weighted by Gasteiger charge is 2.13. The second kappa shape index (κ2) is 10.3. The maximum absolute atomic E-state index is 12.4. The molecule has 3 rings (SSSR count). The summed E-state index contributed by atoms with van der Waals surface area (Å²) in [6, 6.07) is 14.0. The molecule has 3 aromatic rings. The Hall–Kier alpha value is -2.80. The molecule has 1 heterocycles. The third kappa shape index (κ3) is 5.86. The average molecular weight is 426 g/mol. The molecule has 0 spiro atoms. The number of anilines is 1. The van der Waals surface area contributed by atoms with Crippen LogP contribution in [0.15, 0.2) is 52.1 Å². The van der Waals surface area contributed by atoms with Crippen molar-refractivity contribution in [3.63, 3.8) is 0 Å². The third-order valence-corrected chi connectivity index (χ3v) is 5.51. The van der Waals surface area contributed by atoms with Crippen LogP contribution in [0.5, 0.6) is 5.75 Å². The van der Waals surface area contributed by atoms with Crippen LogP contribution < -0.4 is 10.1 Å². The van der Waals surface area contributed by atoms with E-state index in [2.05, 4.69) is 36.3 Å². The van der Waals surface area contributed by atoms with Gasteiger partial charge in [0.1, 0.15) is 5.75 Å². The van der Waals surface area contributed by atoms with Crippen molar-refractivity contribution in [3.8, 4) is 5.75 Å². The van der Waals surface area contributed by atoms with Gasteiger partial charge in [0.05, 0.1) is 5.75 Å². The van der Waals surface area contributed by atoms with Crippen LogP contribution in [0.2, 0.25) is 0 Å². The summed E-state index contributed by atoms with van der Waals surface area (Å²) in [7, 11) is 0. The van der Waals surface area contributed by atoms with Crippen LogP contribution >= 0.6 is 11.8 Å². The maximum Gasteiger partial charge on any atom is 0.277 e. The lowest BCUT2D eigenvalue weighted by Crippen LogP contribution is -2.16. The van der Waals surface area contributed by atoms with Crippen molar-refractivity contribution >= 4 is 23.4 Å². The zero-order valence-electron chi connectivity index (χ0n) is 17.8. The van der Waals surface area contributed by atoms with E-state index in [9.17, 15) is 4.79 Å². The normalized spacial score (nSPS) is 11.0. The van der Waals surface area contributed by atoms with E-state index in [4.69, 9.17) is 9.15 Å². The van der Waals surface area contributed by atoms with Crippen molar-refractivity contribution in [2.75, 3.05) is 11.1 Å². The molecule has 1 N–H and O–H groups in total. The molecule has 0 unspecified atom stereocenters. The van der Waals surface area contributed by atoms with E-state index < -0.39 is 0 Å². The fraction of sp³-hybridized carbons (Fsp3) is 0.348. The van der Waals surface area contributed by atoms with Crippen LogP contribution in [0.4, 0.5) is 5.69 Å². The van der Waals surface area contributed by atoms with E-state index in [1.165, 1.54) is 17.3 Å². The Morgan fingerprint density at radius 3 is 2.63 bits per heavy atom. The van der Waals surface area contributed by atoms with E-state index in [0.717, 1.165) is 29.0 Å². The highest BCUT2D eigenvalue weighted by molar-refractivity contribution is 7.99. The molecule has 0 saturated carbocycles. The molecule has 0 aliphatic carbocycles. The van der Waals surface area contributed by atoms with Gasteiger partial charge in [-0.05, 0) is 48.1 Å². The molecule has 0 bridgehead atoms. The minimum atomic E-state index is -0.106. The average Bonchev–Trinajstić information content (AvgIpc) is 3.20. The van der Waals surface area contributed by atoms with Gasteiger partial charge in [-0.15, -0.1) is 10.2 Å². The second-order valence-electron chi connectivity index (χ2n) is 7.27. The van der Waals surface area contributed by atoms with Crippen LogP contribution in [-0.4, -0.2) is 21.9 Å². The molecule has 158 valence electrons.